The van der Waals surface area contributed by atoms with E-state index in [4.69, 9.17) is 11.6 Å². The molecule has 0 spiro atoms. The van der Waals surface area contributed by atoms with E-state index in [1.165, 1.54) is 15.6 Å². The Morgan fingerprint density at radius 2 is 1.94 bits per heavy atom. The molecule has 1 unspecified atom stereocenters. The molecule has 1 aromatic rings. The van der Waals surface area contributed by atoms with Crippen LogP contribution in [0.15, 0.2) is 0 Å². The summed E-state index contributed by atoms with van der Waals surface area (Å²) in [4.78, 5) is 5.89. The van der Waals surface area contributed by atoms with E-state index in [9.17, 15) is 0 Å². The number of rotatable bonds is 4. The van der Waals surface area contributed by atoms with Gasteiger partial charge in [-0.05, 0) is 38.5 Å². The van der Waals surface area contributed by atoms with Gasteiger partial charge in [0.15, 0.2) is 0 Å². The lowest BCUT2D eigenvalue weighted by molar-refractivity contribution is 0.369. The minimum absolute atomic E-state index is 0.205. The Hall–Kier alpha value is -0.0800. The maximum Gasteiger partial charge on any atom is 0.0930 e. The average Bonchev–Trinajstić information content (AvgIpc) is 2.44. The van der Waals surface area contributed by atoms with Crippen molar-refractivity contribution >= 4 is 22.9 Å². The lowest BCUT2D eigenvalue weighted by Crippen LogP contribution is -2.20. The first-order valence-electron chi connectivity index (χ1n) is 5.87. The molecule has 1 aromatic heterocycles. The fourth-order valence-electron chi connectivity index (χ4n) is 1.51. The zero-order valence-corrected chi connectivity index (χ0v) is 12.5. The molecule has 0 aliphatic rings. The SMILES string of the molecule is Cc1nc(CCCC(Cl)C(C)(C)C)sc1C. The van der Waals surface area contributed by atoms with Crippen LogP contribution in [0.5, 0.6) is 0 Å². The van der Waals surface area contributed by atoms with Crippen molar-refractivity contribution in [2.24, 2.45) is 5.41 Å². The predicted octanol–water partition coefficient (Wildman–Crippen LogP) is 4.74. The first-order valence-corrected chi connectivity index (χ1v) is 7.13. The summed E-state index contributed by atoms with van der Waals surface area (Å²) in [6.07, 6.45) is 3.28. The Morgan fingerprint density at radius 3 is 2.38 bits per heavy atom. The lowest BCUT2D eigenvalue weighted by atomic mass is 9.89. The molecule has 0 aromatic carbocycles. The minimum atomic E-state index is 0.205. The summed E-state index contributed by atoms with van der Waals surface area (Å²) in [6.45, 7) is 10.8. The van der Waals surface area contributed by atoms with Gasteiger partial charge in [0.1, 0.15) is 0 Å². The lowest BCUT2D eigenvalue weighted by Gasteiger charge is -2.24. The van der Waals surface area contributed by atoms with Crippen molar-refractivity contribution < 1.29 is 0 Å². The van der Waals surface area contributed by atoms with Crippen LogP contribution >= 0.6 is 22.9 Å². The molecule has 0 radical (unpaired) electrons. The van der Waals surface area contributed by atoms with Crippen molar-refractivity contribution in [3.8, 4) is 0 Å². The molecular weight excluding hydrogens is 238 g/mol. The van der Waals surface area contributed by atoms with Gasteiger partial charge in [-0.2, -0.15) is 0 Å². The molecule has 16 heavy (non-hydrogen) atoms. The molecule has 1 nitrogen and oxygen atoms in total. The Labute approximate surface area is 108 Å². The van der Waals surface area contributed by atoms with Crippen LogP contribution in [0, 0.1) is 19.3 Å². The highest BCUT2D eigenvalue weighted by molar-refractivity contribution is 7.11. The zero-order valence-electron chi connectivity index (χ0n) is 10.9. The number of aryl methyl sites for hydroxylation is 3. The van der Waals surface area contributed by atoms with E-state index in [1.54, 1.807) is 0 Å². The summed E-state index contributed by atoms with van der Waals surface area (Å²) in [7, 11) is 0. The molecule has 0 saturated heterocycles. The van der Waals surface area contributed by atoms with Crippen LogP contribution in [-0.2, 0) is 6.42 Å². The number of thiazole rings is 1. The minimum Gasteiger partial charge on any atom is -0.246 e. The highest BCUT2D eigenvalue weighted by atomic mass is 35.5. The van der Waals surface area contributed by atoms with Gasteiger partial charge in [0.05, 0.1) is 10.7 Å². The molecule has 1 heterocycles. The van der Waals surface area contributed by atoms with E-state index in [2.05, 4.69) is 39.6 Å². The normalized spacial score (nSPS) is 14.1. The van der Waals surface area contributed by atoms with E-state index in [1.807, 2.05) is 11.3 Å². The largest absolute Gasteiger partial charge is 0.246 e. The fourth-order valence-corrected chi connectivity index (χ4v) is 2.64. The van der Waals surface area contributed by atoms with Crippen LogP contribution in [0.1, 0.15) is 49.2 Å². The highest BCUT2D eigenvalue weighted by Crippen LogP contribution is 2.28. The molecule has 0 amide bonds. The summed E-state index contributed by atoms with van der Waals surface area (Å²) in [5.41, 5.74) is 1.38. The van der Waals surface area contributed by atoms with Crippen LogP contribution in [0.4, 0.5) is 0 Å². The van der Waals surface area contributed by atoms with Gasteiger partial charge in [0, 0.05) is 10.3 Å². The molecule has 1 atom stereocenters. The number of halogens is 1. The fraction of sp³-hybridized carbons (Fsp3) is 0.769. The van der Waals surface area contributed by atoms with Crippen molar-refractivity contribution in [1.29, 1.82) is 0 Å². The molecule has 0 aliphatic carbocycles. The molecular formula is C13H22ClNS. The molecule has 0 aliphatic heterocycles. The maximum atomic E-state index is 6.34. The maximum absolute atomic E-state index is 6.34. The highest BCUT2D eigenvalue weighted by Gasteiger charge is 2.21. The average molecular weight is 260 g/mol. The summed E-state index contributed by atoms with van der Waals surface area (Å²) in [5, 5.41) is 1.52. The van der Waals surface area contributed by atoms with Crippen LogP contribution < -0.4 is 0 Å². The van der Waals surface area contributed by atoms with Crippen molar-refractivity contribution in [2.45, 2.75) is 59.3 Å². The smallest absolute Gasteiger partial charge is 0.0930 e. The van der Waals surface area contributed by atoms with Crippen LogP contribution in [-0.4, -0.2) is 10.4 Å². The molecule has 3 heteroatoms. The van der Waals surface area contributed by atoms with E-state index < -0.39 is 0 Å². The van der Waals surface area contributed by atoms with E-state index >= 15 is 0 Å². The summed E-state index contributed by atoms with van der Waals surface area (Å²) < 4.78 is 0. The third-order valence-electron chi connectivity index (χ3n) is 2.86. The summed E-state index contributed by atoms with van der Waals surface area (Å²) in [6, 6.07) is 0. The molecule has 1 rings (SSSR count). The first-order chi connectivity index (χ1) is 7.30. The Balaban J connectivity index is 2.36. The Bertz CT molecular complexity index is 319. The third-order valence-corrected chi connectivity index (χ3v) is 4.87. The molecule has 0 bridgehead atoms. The first kappa shape index (κ1) is 14.0. The number of hydrogen-bond donors (Lipinski definition) is 0. The second-order valence-electron chi connectivity index (χ2n) is 5.47. The van der Waals surface area contributed by atoms with Gasteiger partial charge in [0.25, 0.3) is 0 Å². The van der Waals surface area contributed by atoms with Crippen molar-refractivity contribution in [3.05, 3.63) is 15.6 Å². The van der Waals surface area contributed by atoms with Gasteiger partial charge in [-0.1, -0.05) is 20.8 Å². The number of nitrogens with zero attached hydrogens (tertiary/aromatic N) is 1. The molecule has 0 fully saturated rings. The standard InChI is InChI=1S/C13H22ClNS/c1-9-10(2)16-12(15-9)8-6-7-11(14)13(3,4)5/h11H,6-8H2,1-5H3. The number of alkyl halides is 1. The van der Waals surface area contributed by atoms with Crippen LogP contribution in [0.3, 0.4) is 0 Å². The Morgan fingerprint density at radius 1 is 1.31 bits per heavy atom. The molecule has 0 N–H and O–H groups in total. The van der Waals surface area contributed by atoms with Gasteiger partial charge < -0.3 is 0 Å². The second-order valence-corrected chi connectivity index (χ2v) is 7.29. The van der Waals surface area contributed by atoms with Crippen LogP contribution in [0.2, 0.25) is 0 Å². The van der Waals surface area contributed by atoms with Crippen molar-refractivity contribution in [2.75, 3.05) is 0 Å². The van der Waals surface area contributed by atoms with E-state index in [-0.39, 0.29) is 10.8 Å². The molecule has 0 saturated carbocycles. The third kappa shape index (κ3) is 4.06. The zero-order chi connectivity index (χ0) is 12.3. The number of aromatic nitrogens is 1. The van der Waals surface area contributed by atoms with Crippen molar-refractivity contribution in [3.63, 3.8) is 0 Å². The molecule has 92 valence electrons. The quantitative estimate of drug-likeness (QED) is 0.712. The van der Waals surface area contributed by atoms with Crippen LogP contribution in [0.25, 0.3) is 0 Å². The van der Waals surface area contributed by atoms with Gasteiger partial charge in [-0.3, -0.25) is 0 Å². The Kier molecular flexibility index (Phi) is 4.81. The summed E-state index contributed by atoms with van der Waals surface area (Å²) >= 11 is 8.16. The van der Waals surface area contributed by atoms with Gasteiger partial charge in [0.2, 0.25) is 0 Å². The van der Waals surface area contributed by atoms with Crippen molar-refractivity contribution in [1.82, 2.24) is 4.98 Å². The topological polar surface area (TPSA) is 12.9 Å². The van der Waals surface area contributed by atoms with E-state index in [0.29, 0.717) is 0 Å². The van der Waals surface area contributed by atoms with E-state index in [0.717, 1.165) is 19.3 Å². The second kappa shape index (κ2) is 5.50. The van der Waals surface area contributed by atoms with Gasteiger partial charge in [-0.25, -0.2) is 4.98 Å². The van der Waals surface area contributed by atoms with Gasteiger partial charge in [-0.15, -0.1) is 22.9 Å². The van der Waals surface area contributed by atoms with Gasteiger partial charge >= 0.3 is 0 Å². The number of hydrogen-bond acceptors (Lipinski definition) is 2. The summed E-state index contributed by atoms with van der Waals surface area (Å²) in [5.74, 6) is 0. The monoisotopic (exact) mass is 259 g/mol. The predicted molar refractivity (Wildman–Crippen MR) is 73.6 cm³/mol.